The lowest BCUT2D eigenvalue weighted by Gasteiger charge is -2.07. The molecule has 0 bridgehead atoms. The molecule has 1 rings (SSSR count). The molecule has 0 unspecified atom stereocenters. The summed E-state index contributed by atoms with van der Waals surface area (Å²) >= 11 is 5.69. The largest absolute Gasteiger partial charge is 0.352 e. The van der Waals surface area contributed by atoms with E-state index in [-0.39, 0.29) is 11.3 Å². The molecule has 0 aliphatic heterocycles. The van der Waals surface area contributed by atoms with Crippen LogP contribution in [0.3, 0.4) is 0 Å². The fourth-order valence-corrected chi connectivity index (χ4v) is 0.991. The van der Waals surface area contributed by atoms with E-state index in [1.54, 1.807) is 13.1 Å². The van der Waals surface area contributed by atoms with Crippen LogP contribution in [0.5, 0.6) is 0 Å². The summed E-state index contributed by atoms with van der Waals surface area (Å²) in [6.45, 7) is 5.76. The molecular formula is C8H12ClN5. The quantitative estimate of drug-likeness (QED) is 0.781. The Morgan fingerprint density at radius 1 is 1.36 bits per heavy atom. The van der Waals surface area contributed by atoms with Gasteiger partial charge in [-0.05, 0) is 32.4 Å². The number of aromatic nitrogens is 3. The molecule has 0 radical (unpaired) electrons. The van der Waals surface area contributed by atoms with Crippen LogP contribution in [-0.2, 0) is 0 Å². The van der Waals surface area contributed by atoms with Gasteiger partial charge in [0.05, 0.1) is 0 Å². The summed E-state index contributed by atoms with van der Waals surface area (Å²) in [6, 6.07) is 0.243. The fraction of sp³-hybridized carbons (Fsp3) is 0.500. The maximum atomic E-state index is 5.69. The number of hydrogen-bond donors (Lipinski definition) is 1. The van der Waals surface area contributed by atoms with Crippen molar-refractivity contribution in [1.29, 1.82) is 0 Å². The molecule has 0 aromatic carbocycles. The molecule has 1 heterocycles. The predicted molar refractivity (Wildman–Crippen MR) is 57.4 cm³/mol. The van der Waals surface area contributed by atoms with Crippen LogP contribution < -0.4 is 5.32 Å². The third kappa shape index (κ3) is 3.26. The highest BCUT2D eigenvalue weighted by atomic mass is 35.5. The van der Waals surface area contributed by atoms with Gasteiger partial charge in [-0.1, -0.05) is 0 Å². The molecule has 6 heteroatoms. The third-order valence-electron chi connectivity index (χ3n) is 1.26. The van der Waals surface area contributed by atoms with Crippen molar-refractivity contribution in [2.75, 3.05) is 5.32 Å². The molecule has 0 saturated carbocycles. The number of nitrogens with zero attached hydrogens (tertiary/aromatic N) is 4. The first-order valence-corrected chi connectivity index (χ1v) is 4.66. The van der Waals surface area contributed by atoms with Gasteiger partial charge in [0.1, 0.15) is 0 Å². The van der Waals surface area contributed by atoms with Gasteiger partial charge < -0.3 is 5.32 Å². The summed E-state index contributed by atoms with van der Waals surface area (Å²) in [5, 5.41) is 3.17. The highest BCUT2D eigenvalue weighted by Crippen LogP contribution is 2.11. The summed E-state index contributed by atoms with van der Waals surface area (Å²) in [4.78, 5) is 15.7. The molecule has 5 nitrogen and oxygen atoms in total. The minimum atomic E-state index is 0.142. The van der Waals surface area contributed by atoms with Gasteiger partial charge in [-0.2, -0.15) is 15.0 Å². The Balaban J connectivity index is 2.94. The van der Waals surface area contributed by atoms with Crippen LogP contribution in [0.2, 0.25) is 5.28 Å². The van der Waals surface area contributed by atoms with Crippen molar-refractivity contribution in [2.24, 2.45) is 4.99 Å². The topological polar surface area (TPSA) is 63.1 Å². The van der Waals surface area contributed by atoms with Crippen molar-refractivity contribution >= 4 is 29.7 Å². The number of aliphatic imine (C=N–C) groups is 1. The summed E-state index contributed by atoms with van der Waals surface area (Å²) in [7, 11) is 0. The van der Waals surface area contributed by atoms with Crippen molar-refractivity contribution in [3.05, 3.63) is 5.28 Å². The fourth-order valence-electron chi connectivity index (χ4n) is 0.836. The molecule has 0 aliphatic rings. The molecule has 1 aromatic heterocycles. The number of halogens is 1. The molecular weight excluding hydrogens is 202 g/mol. The maximum absolute atomic E-state index is 5.69. The summed E-state index contributed by atoms with van der Waals surface area (Å²) in [5.41, 5.74) is 0. The summed E-state index contributed by atoms with van der Waals surface area (Å²) in [5.74, 6) is 0.760. The van der Waals surface area contributed by atoms with Crippen LogP contribution in [0.25, 0.3) is 0 Å². The van der Waals surface area contributed by atoms with Crippen LogP contribution in [-0.4, -0.2) is 27.2 Å². The van der Waals surface area contributed by atoms with Crippen LogP contribution in [0.15, 0.2) is 4.99 Å². The van der Waals surface area contributed by atoms with Gasteiger partial charge in [0.2, 0.25) is 11.2 Å². The first-order valence-electron chi connectivity index (χ1n) is 4.28. The Morgan fingerprint density at radius 2 is 2.07 bits per heavy atom. The van der Waals surface area contributed by atoms with E-state index in [0.717, 1.165) is 0 Å². The first kappa shape index (κ1) is 10.8. The second-order valence-corrected chi connectivity index (χ2v) is 3.25. The zero-order valence-corrected chi connectivity index (χ0v) is 9.08. The van der Waals surface area contributed by atoms with Crippen molar-refractivity contribution in [1.82, 2.24) is 15.0 Å². The van der Waals surface area contributed by atoms with Gasteiger partial charge in [-0.3, -0.25) is 0 Å². The molecule has 14 heavy (non-hydrogen) atoms. The zero-order valence-electron chi connectivity index (χ0n) is 8.32. The Bertz CT molecular complexity index is 337. The third-order valence-corrected chi connectivity index (χ3v) is 1.43. The minimum absolute atomic E-state index is 0.142. The standard InChI is InChI=1S/C8H12ClN5/c1-4-10-7-12-6(9)13-8(14-7)11-5(2)3/h4-5H,1-3H3,(H,11,12,13,14)/b10-4+. The number of nitrogens with one attached hydrogen (secondary N) is 1. The zero-order chi connectivity index (χ0) is 10.6. The van der Waals surface area contributed by atoms with Gasteiger partial charge in [-0.25, -0.2) is 4.99 Å². The SMILES string of the molecule is C/C=N/c1nc(Cl)nc(NC(C)C)n1. The van der Waals surface area contributed by atoms with E-state index in [1.165, 1.54) is 0 Å². The number of hydrogen-bond acceptors (Lipinski definition) is 5. The summed E-state index contributed by atoms with van der Waals surface area (Å²) in [6.07, 6.45) is 1.60. The first-order chi connectivity index (χ1) is 6.61. The van der Waals surface area contributed by atoms with E-state index in [4.69, 9.17) is 11.6 Å². The minimum Gasteiger partial charge on any atom is -0.352 e. The molecule has 0 atom stereocenters. The maximum Gasteiger partial charge on any atom is 0.255 e. The van der Waals surface area contributed by atoms with Crippen molar-refractivity contribution in [2.45, 2.75) is 26.8 Å². The normalized spacial score (nSPS) is 11.2. The van der Waals surface area contributed by atoms with Gasteiger partial charge >= 0.3 is 0 Å². The Hall–Kier alpha value is -1.23. The Kier molecular flexibility index (Phi) is 3.76. The highest BCUT2D eigenvalue weighted by Gasteiger charge is 2.03. The van der Waals surface area contributed by atoms with Crippen LogP contribution >= 0.6 is 11.6 Å². The van der Waals surface area contributed by atoms with E-state index in [1.807, 2.05) is 13.8 Å². The lowest BCUT2D eigenvalue weighted by atomic mass is 10.4. The van der Waals surface area contributed by atoms with Gasteiger partial charge in [0, 0.05) is 12.3 Å². The molecule has 0 amide bonds. The number of anilines is 1. The van der Waals surface area contributed by atoms with Gasteiger partial charge in [0.25, 0.3) is 5.95 Å². The lowest BCUT2D eigenvalue weighted by molar-refractivity contribution is 0.866. The molecule has 0 spiro atoms. The smallest absolute Gasteiger partial charge is 0.255 e. The predicted octanol–water partition coefficient (Wildman–Crippen LogP) is 2.07. The van der Waals surface area contributed by atoms with Gasteiger partial charge in [0.15, 0.2) is 0 Å². The number of rotatable bonds is 3. The van der Waals surface area contributed by atoms with Crippen molar-refractivity contribution in [3.63, 3.8) is 0 Å². The average molecular weight is 214 g/mol. The molecule has 0 saturated heterocycles. The Labute approximate surface area is 87.7 Å². The second-order valence-electron chi connectivity index (χ2n) is 2.91. The lowest BCUT2D eigenvalue weighted by Crippen LogP contribution is -2.12. The van der Waals surface area contributed by atoms with E-state index in [2.05, 4.69) is 25.3 Å². The van der Waals surface area contributed by atoms with Crippen LogP contribution in [0, 0.1) is 0 Å². The van der Waals surface area contributed by atoms with Crippen LogP contribution in [0.1, 0.15) is 20.8 Å². The molecule has 1 N–H and O–H groups in total. The van der Waals surface area contributed by atoms with Crippen molar-refractivity contribution < 1.29 is 0 Å². The van der Waals surface area contributed by atoms with E-state index in [9.17, 15) is 0 Å². The van der Waals surface area contributed by atoms with E-state index < -0.39 is 0 Å². The van der Waals surface area contributed by atoms with Crippen LogP contribution in [0.4, 0.5) is 11.9 Å². The monoisotopic (exact) mass is 213 g/mol. The van der Waals surface area contributed by atoms with E-state index >= 15 is 0 Å². The summed E-state index contributed by atoms with van der Waals surface area (Å²) < 4.78 is 0. The molecule has 0 fully saturated rings. The Morgan fingerprint density at radius 3 is 2.64 bits per heavy atom. The van der Waals surface area contributed by atoms with E-state index in [0.29, 0.717) is 11.9 Å². The second kappa shape index (κ2) is 4.85. The molecule has 0 aliphatic carbocycles. The molecule has 1 aromatic rings. The van der Waals surface area contributed by atoms with Gasteiger partial charge in [-0.15, -0.1) is 0 Å². The molecule has 76 valence electrons. The highest BCUT2D eigenvalue weighted by molar-refractivity contribution is 6.28. The average Bonchev–Trinajstić information content (AvgIpc) is 2.01. The van der Waals surface area contributed by atoms with Crippen molar-refractivity contribution in [3.8, 4) is 0 Å².